The van der Waals surface area contributed by atoms with E-state index >= 15 is 0 Å². The third-order valence-corrected chi connectivity index (χ3v) is 5.85. The predicted octanol–water partition coefficient (Wildman–Crippen LogP) is 4.00. The molecule has 0 amide bonds. The Labute approximate surface area is 160 Å². The highest BCUT2D eigenvalue weighted by Crippen LogP contribution is 2.25. The summed E-state index contributed by atoms with van der Waals surface area (Å²) in [6.07, 6.45) is 3.83. The molecule has 6 heteroatoms. The first-order valence-electron chi connectivity index (χ1n) is 7.94. The van der Waals surface area contributed by atoms with Gasteiger partial charge >= 0.3 is 0 Å². The lowest BCUT2D eigenvalue weighted by Gasteiger charge is -2.15. The average molecular weight is 453 g/mol. The number of hydrogen-bond donors (Lipinski definition) is 2. The average Bonchev–Trinajstić information content (AvgIpc) is 3.15. The van der Waals surface area contributed by atoms with Gasteiger partial charge in [0.05, 0.1) is 0 Å². The van der Waals surface area contributed by atoms with Crippen LogP contribution < -0.4 is 10.6 Å². The fourth-order valence-electron chi connectivity index (χ4n) is 2.44. The zero-order valence-corrected chi connectivity index (χ0v) is 17.5. The van der Waals surface area contributed by atoms with Gasteiger partial charge in [-0.1, -0.05) is 13.0 Å². The Hall–Kier alpha value is 0.0500. The lowest BCUT2D eigenvalue weighted by molar-refractivity contribution is 0.594. The summed E-state index contributed by atoms with van der Waals surface area (Å²) in [5.74, 6) is 2.88. The van der Waals surface area contributed by atoms with E-state index in [4.69, 9.17) is 4.99 Å². The van der Waals surface area contributed by atoms with Crippen LogP contribution in [0.2, 0.25) is 0 Å². The standard InChI is InChI=1S/C16H27N3S2.HI/c1-3-17-16(19-12-15-7-5-9-21-15)18-11-13(2)10-14-6-4-8-20-14;/h4,6,8,13,15H,3,5,7,9-12H2,1-2H3,(H2,17,18,19);1H. The minimum Gasteiger partial charge on any atom is -0.357 e. The second-order valence-electron chi connectivity index (χ2n) is 5.62. The maximum absolute atomic E-state index is 4.74. The highest BCUT2D eigenvalue weighted by Gasteiger charge is 2.15. The summed E-state index contributed by atoms with van der Waals surface area (Å²) in [5, 5.41) is 9.76. The van der Waals surface area contributed by atoms with E-state index in [1.165, 1.54) is 23.5 Å². The molecule has 126 valence electrons. The van der Waals surface area contributed by atoms with Gasteiger partial charge in [0.15, 0.2) is 5.96 Å². The Kier molecular flexibility index (Phi) is 10.6. The number of aliphatic imine (C=N–C) groups is 1. The smallest absolute Gasteiger partial charge is 0.191 e. The van der Waals surface area contributed by atoms with Gasteiger partial charge in [-0.25, -0.2) is 0 Å². The van der Waals surface area contributed by atoms with Crippen molar-refractivity contribution in [1.82, 2.24) is 10.6 Å². The highest BCUT2D eigenvalue weighted by molar-refractivity contribution is 14.0. The normalized spacial score (nSPS) is 19.5. The van der Waals surface area contributed by atoms with Crippen LogP contribution in [0.15, 0.2) is 22.5 Å². The number of nitrogens with one attached hydrogen (secondary N) is 2. The summed E-state index contributed by atoms with van der Waals surface area (Å²) in [6.45, 7) is 7.24. The molecule has 0 aromatic carbocycles. The van der Waals surface area contributed by atoms with Gasteiger partial charge in [-0.3, -0.25) is 4.99 Å². The van der Waals surface area contributed by atoms with Crippen molar-refractivity contribution in [2.75, 3.05) is 25.4 Å². The van der Waals surface area contributed by atoms with Crippen LogP contribution in [0.1, 0.15) is 31.6 Å². The van der Waals surface area contributed by atoms with Crippen LogP contribution in [0.25, 0.3) is 0 Å². The van der Waals surface area contributed by atoms with Gasteiger partial charge < -0.3 is 10.6 Å². The van der Waals surface area contributed by atoms with Crippen LogP contribution in [-0.4, -0.2) is 36.6 Å². The van der Waals surface area contributed by atoms with Gasteiger partial charge in [-0.2, -0.15) is 11.8 Å². The monoisotopic (exact) mass is 453 g/mol. The number of halogens is 1. The molecule has 2 heterocycles. The molecule has 22 heavy (non-hydrogen) atoms. The summed E-state index contributed by atoms with van der Waals surface area (Å²) in [4.78, 5) is 6.20. The highest BCUT2D eigenvalue weighted by atomic mass is 127. The molecule has 0 aliphatic carbocycles. The van der Waals surface area contributed by atoms with Crippen LogP contribution in [-0.2, 0) is 6.42 Å². The zero-order valence-electron chi connectivity index (χ0n) is 13.5. The Morgan fingerprint density at radius 3 is 2.95 bits per heavy atom. The number of guanidine groups is 1. The van der Waals surface area contributed by atoms with Gasteiger partial charge in [0.1, 0.15) is 0 Å². The fraction of sp³-hybridized carbons (Fsp3) is 0.688. The fourth-order valence-corrected chi connectivity index (χ4v) is 4.51. The first-order valence-corrected chi connectivity index (χ1v) is 9.87. The second-order valence-corrected chi connectivity index (χ2v) is 8.06. The molecule has 1 aromatic rings. The molecule has 0 spiro atoms. The molecule has 2 rings (SSSR count). The zero-order chi connectivity index (χ0) is 14.9. The van der Waals surface area contributed by atoms with Crippen molar-refractivity contribution in [2.45, 2.75) is 38.4 Å². The molecule has 1 fully saturated rings. The molecule has 1 saturated heterocycles. The van der Waals surface area contributed by atoms with Gasteiger partial charge in [-0.15, -0.1) is 35.3 Å². The van der Waals surface area contributed by atoms with E-state index in [2.05, 4.69) is 53.8 Å². The largest absolute Gasteiger partial charge is 0.357 e. The van der Waals surface area contributed by atoms with Gasteiger partial charge in [-0.05, 0) is 49.3 Å². The van der Waals surface area contributed by atoms with Crippen LogP contribution >= 0.6 is 47.1 Å². The maximum Gasteiger partial charge on any atom is 0.191 e. The quantitative estimate of drug-likeness (QED) is 0.372. The van der Waals surface area contributed by atoms with Gasteiger partial charge in [0.25, 0.3) is 0 Å². The van der Waals surface area contributed by atoms with Crippen molar-refractivity contribution in [2.24, 2.45) is 10.9 Å². The number of thioether (sulfide) groups is 1. The molecule has 3 nitrogen and oxygen atoms in total. The predicted molar refractivity (Wildman–Crippen MR) is 112 cm³/mol. The molecule has 1 aliphatic heterocycles. The second kappa shape index (κ2) is 11.6. The van der Waals surface area contributed by atoms with Crippen molar-refractivity contribution in [3.05, 3.63) is 22.4 Å². The lowest BCUT2D eigenvalue weighted by Crippen LogP contribution is -2.40. The van der Waals surface area contributed by atoms with E-state index in [1.807, 2.05) is 11.3 Å². The Bertz CT molecular complexity index is 417. The van der Waals surface area contributed by atoms with Crippen molar-refractivity contribution in [3.8, 4) is 0 Å². The summed E-state index contributed by atoms with van der Waals surface area (Å²) in [6, 6.07) is 4.34. The van der Waals surface area contributed by atoms with E-state index in [9.17, 15) is 0 Å². The third-order valence-electron chi connectivity index (χ3n) is 3.56. The molecule has 1 aromatic heterocycles. The molecular weight excluding hydrogens is 425 g/mol. The summed E-state index contributed by atoms with van der Waals surface area (Å²) < 4.78 is 0. The topological polar surface area (TPSA) is 36.4 Å². The molecule has 2 unspecified atom stereocenters. The molecule has 0 bridgehead atoms. The Morgan fingerprint density at radius 2 is 2.32 bits per heavy atom. The summed E-state index contributed by atoms with van der Waals surface area (Å²) in [5.41, 5.74) is 0. The van der Waals surface area contributed by atoms with Crippen molar-refractivity contribution < 1.29 is 0 Å². The molecule has 2 N–H and O–H groups in total. The van der Waals surface area contributed by atoms with E-state index in [-0.39, 0.29) is 24.0 Å². The van der Waals surface area contributed by atoms with E-state index in [1.54, 1.807) is 0 Å². The maximum atomic E-state index is 4.74. The van der Waals surface area contributed by atoms with E-state index < -0.39 is 0 Å². The lowest BCUT2D eigenvalue weighted by atomic mass is 10.1. The van der Waals surface area contributed by atoms with Gasteiger partial charge in [0.2, 0.25) is 0 Å². The summed E-state index contributed by atoms with van der Waals surface area (Å²) >= 11 is 3.93. The van der Waals surface area contributed by atoms with E-state index in [0.29, 0.717) is 5.92 Å². The first-order chi connectivity index (χ1) is 10.3. The summed E-state index contributed by atoms with van der Waals surface area (Å²) in [7, 11) is 0. The number of nitrogens with zero attached hydrogens (tertiary/aromatic N) is 1. The number of hydrogen-bond acceptors (Lipinski definition) is 3. The molecule has 0 saturated carbocycles. The molecular formula is C16H28IN3S2. The van der Waals surface area contributed by atoms with Crippen molar-refractivity contribution in [1.29, 1.82) is 0 Å². The van der Waals surface area contributed by atoms with Crippen molar-refractivity contribution >= 4 is 53.0 Å². The SMILES string of the molecule is CCNC(=NCC(C)Cc1cccs1)NCC1CCCS1.I. The van der Waals surface area contributed by atoms with Crippen molar-refractivity contribution in [3.63, 3.8) is 0 Å². The minimum atomic E-state index is 0. The molecule has 0 radical (unpaired) electrons. The number of rotatable bonds is 7. The molecule has 1 aliphatic rings. The van der Waals surface area contributed by atoms with Crippen LogP contribution in [0, 0.1) is 5.92 Å². The molecule has 2 atom stereocenters. The Balaban J connectivity index is 0.00000242. The van der Waals surface area contributed by atoms with Crippen LogP contribution in [0.3, 0.4) is 0 Å². The minimum absolute atomic E-state index is 0. The van der Waals surface area contributed by atoms with Gasteiger partial charge in [0, 0.05) is 29.8 Å². The van der Waals surface area contributed by atoms with E-state index in [0.717, 1.165) is 37.3 Å². The van der Waals surface area contributed by atoms with Crippen LogP contribution in [0.5, 0.6) is 0 Å². The first kappa shape index (κ1) is 20.1. The van der Waals surface area contributed by atoms with Crippen LogP contribution in [0.4, 0.5) is 0 Å². The third kappa shape index (κ3) is 7.55. The number of thiophene rings is 1. The Morgan fingerprint density at radius 1 is 1.45 bits per heavy atom.